The molecule has 0 radical (unpaired) electrons. The third kappa shape index (κ3) is 2.09. The van der Waals surface area contributed by atoms with Crippen molar-refractivity contribution in [3.8, 4) is 0 Å². The van der Waals surface area contributed by atoms with Gasteiger partial charge in [0, 0.05) is 5.56 Å². The van der Waals surface area contributed by atoms with E-state index < -0.39 is 13.9 Å². The highest BCUT2D eigenvalue weighted by atomic mass is 31.1. The van der Waals surface area contributed by atoms with Crippen LogP contribution in [0, 0.1) is 0 Å². The fraction of sp³-hybridized carbons (Fsp3) is 0.143. The van der Waals surface area contributed by atoms with E-state index in [2.05, 4.69) is 0 Å². The Morgan fingerprint density at radius 2 is 1.91 bits per heavy atom. The monoisotopic (exact) mass is 172 g/mol. The van der Waals surface area contributed by atoms with E-state index in [1.54, 1.807) is 30.3 Å². The summed E-state index contributed by atoms with van der Waals surface area (Å²) in [5, 5.41) is 9.06. The Morgan fingerprint density at radius 3 is 2.36 bits per heavy atom. The van der Waals surface area contributed by atoms with Gasteiger partial charge in [0.05, 0.1) is 0 Å². The average molecular weight is 172 g/mol. The molecule has 2 atom stereocenters. The van der Waals surface area contributed by atoms with Gasteiger partial charge in [-0.3, -0.25) is 0 Å². The molecule has 3 nitrogen and oxygen atoms in total. The molecule has 58 valence electrons. The Kier molecular flexibility index (Phi) is 2.71. The van der Waals surface area contributed by atoms with Gasteiger partial charge in [-0.1, -0.05) is 30.3 Å². The zero-order chi connectivity index (χ0) is 8.27. The second-order valence-electron chi connectivity index (χ2n) is 2.09. The Bertz CT molecular complexity index is 252. The molecule has 0 spiro atoms. The van der Waals surface area contributed by atoms with Crippen LogP contribution in [0.2, 0.25) is 0 Å². The van der Waals surface area contributed by atoms with Gasteiger partial charge in [-0.05, 0) is 4.57 Å². The van der Waals surface area contributed by atoms with Crippen LogP contribution in [0.3, 0.4) is 0 Å². The summed E-state index contributed by atoms with van der Waals surface area (Å²) >= 11 is 0. The Morgan fingerprint density at radius 1 is 1.36 bits per heavy atom. The van der Waals surface area contributed by atoms with Crippen LogP contribution in [-0.2, 0) is 4.57 Å². The number of aliphatic hydroxyl groups excluding tert-OH is 1. The number of rotatable bonds is 2. The van der Waals surface area contributed by atoms with E-state index in [1.807, 2.05) is 0 Å². The van der Waals surface area contributed by atoms with E-state index in [1.165, 1.54) is 0 Å². The van der Waals surface area contributed by atoms with Gasteiger partial charge in [-0.25, -0.2) is 0 Å². The molecule has 0 bridgehead atoms. The van der Waals surface area contributed by atoms with Crippen molar-refractivity contribution in [2.75, 3.05) is 0 Å². The summed E-state index contributed by atoms with van der Waals surface area (Å²) in [6, 6.07) is 8.40. The number of hydrogen-bond acceptors (Lipinski definition) is 2. The molecule has 0 aliphatic rings. The largest absolute Gasteiger partial charge is 1.00 e. The van der Waals surface area contributed by atoms with Crippen LogP contribution in [0.15, 0.2) is 30.3 Å². The predicted molar refractivity (Wildman–Crippen MR) is 42.3 cm³/mol. The minimum atomic E-state index is -2.53. The maximum absolute atomic E-state index is 10.4. The summed E-state index contributed by atoms with van der Waals surface area (Å²) in [7, 11) is -2.53. The second kappa shape index (κ2) is 3.58. The first-order valence-corrected chi connectivity index (χ1v) is 4.38. The van der Waals surface area contributed by atoms with Crippen LogP contribution >= 0.6 is 8.03 Å². The van der Waals surface area contributed by atoms with Gasteiger partial charge in [0.1, 0.15) is 0 Å². The average Bonchev–Trinajstić information content (AvgIpc) is 2.05. The minimum Gasteiger partial charge on any atom is -0.345 e. The van der Waals surface area contributed by atoms with Crippen molar-refractivity contribution in [3.63, 3.8) is 0 Å². The number of aliphatic hydroxyl groups is 1. The molecule has 0 aliphatic carbocycles. The highest BCUT2D eigenvalue weighted by Gasteiger charge is 2.27. The summed E-state index contributed by atoms with van der Waals surface area (Å²) in [4.78, 5) is 8.53. The van der Waals surface area contributed by atoms with Crippen LogP contribution in [0.25, 0.3) is 0 Å². The van der Waals surface area contributed by atoms with Crippen LogP contribution < -0.4 is 0 Å². The Balaban J connectivity index is 0.00000121. The first kappa shape index (κ1) is 8.34. The quantitative estimate of drug-likeness (QED) is 0.665. The molecular weight excluding hydrogens is 163 g/mol. The van der Waals surface area contributed by atoms with Crippen molar-refractivity contribution in [1.82, 2.24) is 0 Å². The molecule has 0 aliphatic heterocycles. The van der Waals surface area contributed by atoms with E-state index in [9.17, 15) is 4.57 Å². The topological polar surface area (TPSA) is 57.5 Å². The van der Waals surface area contributed by atoms with Gasteiger partial charge < -0.3 is 5.11 Å². The molecule has 0 fully saturated rings. The second-order valence-corrected chi connectivity index (χ2v) is 3.18. The van der Waals surface area contributed by atoms with E-state index in [0.29, 0.717) is 5.56 Å². The fourth-order valence-corrected chi connectivity index (χ4v) is 1.18. The van der Waals surface area contributed by atoms with E-state index in [4.69, 9.17) is 10.00 Å². The molecule has 0 aromatic heterocycles. The van der Waals surface area contributed by atoms with E-state index in [0.717, 1.165) is 0 Å². The van der Waals surface area contributed by atoms with Crippen molar-refractivity contribution in [1.29, 1.82) is 0 Å². The molecule has 0 heterocycles. The molecule has 1 aromatic carbocycles. The highest BCUT2D eigenvalue weighted by molar-refractivity contribution is 7.38. The van der Waals surface area contributed by atoms with Gasteiger partial charge in [-0.2, -0.15) is 4.89 Å². The Hall–Kier alpha value is -0.760. The van der Waals surface area contributed by atoms with Crippen LogP contribution in [0.5, 0.6) is 0 Å². The zero-order valence-corrected chi connectivity index (χ0v) is 6.61. The predicted octanol–water partition coefficient (Wildman–Crippen LogP) is 1.52. The third-order valence-corrected chi connectivity index (χ3v) is 2.02. The van der Waals surface area contributed by atoms with Gasteiger partial charge in [-0.15, -0.1) is 0 Å². The maximum atomic E-state index is 10.4. The van der Waals surface area contributed by atoms with Crippen molar-refractivity contribution in [2.24, 2.45) is 0 Å². The lowest BCUT2D eigenvalue weighted by molar-refractivity contribution is 0.243. The van der Waals surface area contributed by atoms with Crippen LogP contribution in [0.1, 0.15) is 12.8 Å². The summed E-state index contributed by atoms with van der Waals surface area (Å²) in [6.07, 6.45) is 0. The van der Waals surface area contributed by atoms with E-state index in [-0.39, 0.29) is 1.43 Å². The SMILES string of the molecule is O=[P+](O)C(O)c1ccccc1.[H+]. The fourth-order valence-electron chi connectivity index (χ4n) is 0.753. The maximum Gasteiger partial charge on any atom is 1.00 e. The lowest BCUT2D eigenvalue weighted by Crippen LogP contribution is -1.89. The van der Waals surface area contributed by atoms with E-state index >= 15 is 0 Å². The number of benzene rings is 1. The van der Waals surface area contributed by atoms with Crippen molar-refractivity contribution in [2.45, 2.75) is 5.85 Å². The minimum absolute atomic E-state index is 0. The summed E-state index contributed by atoms with van der Waals surface area (Å²) in [5.41, 5.74) is 0.469. The first-order chi connectivity index (χ1) is 5.22. The highest BCUT2D eigenvalue weighted by Crippen LogP contribution is 2.34. The summed E-state index contributed by atoms with van der Waals surface area (Å²) in [5.74, 6) is -1.26. The number of hydrogen-bond donors (Lipinski definition) is 2. The molecule has 0 amide bonds. The molecule has 0 saturated carbocycles. The smallest absolute Gasteiger partial charge is 0.345 e. The first-order valence-electron chi connectivity index (χ1n) is 3.10. The zero-order valence-electron chi connectivity index (χ0n) is 6.71. The van der Waals surface area contributed by atoms with Crippen molar-refractivity contribution in [3.05, 3.63) is 35.9 Å². The van der Waals surface area contributed by atoms with Crippen molar-refractivity contribution < 1.29 is 16.0 Å². The third-order valence-electron chi connectivity index (χ3n) is 1.31. The molecule has 0 saturated heterocycles. The lowest BCUT2D eigenvalue weighted by Gasteiger charge is -1.94. The van der Waals surface area contributed by atoms with Crippen LogP contribution in [0.4, 0.5) is 0 Å². The van der Waals surface area contributed by atoms with Gasteiger partial charge in [0.25, 0.3) is 0 Å². The van der Waals surface area contributed by atoms with Crippen LogP contribution in [-0.4, -0.2) is 10.00 Å². The standard InChI is InChI=1S/C7H7O3P/c8-7(11(9)10)6-4-2-1-3-5-6/h1-5,7-8H/p+2. The summed E-state index contributed by atoms with van der Waals surface area (Å²) in [6.45, 7) is 0. The molecule has 1 rings (SSSR count). The Labute approximate surface area is 66.7 Å². The molecule has 1 aromatic rings. The molecule has 4 heteroatoms. The lowest BCUT2D eigenvalue weighted by atomic mass is 10.2. The van der Waals surface area contributed by atoms with Gasteiger partial charge in [0.2, 0.25) is 0 Å². The molecule has 2 unspecified atom stereocenters. The molecule has 2 N–H and O–H groups in total. The van der Waals surface area contributed by atoms with Crippen molar-refractivity contribution >= 4 is 8.03 Å². The molecular formula is C7H9O3P+2. The van der Waals surface area contributed by atoms with Gasteiger partial charge in [0.15, 0.2) is 0 Å². The molecule has 11 heavy (non-hydrogen) atoms. The van der Waals surface area contributed by atoms with Gasteiger partial charge >= 0.3 is 15.3 Å². The summed E-state index contributed by atoms with van der Waals surface area (Å²) < 4.78 is 10.4. The normalized spacial score (nSPS) is 14.2.